The van der Waals surface area contributed by atoms with Gasteiger partial charge in [0.15, 0.2) is 5.82 Å². The van der Waals surface area contributed by atoms with Gasteiger partial charge in [-0.2, -0.15) is 4.68 Å². The third kappa shape index (κ3) is 4.50. The van der Waals surface area contributed by atoms with Gasteiger partial charge >= 0.3 is 5.69 Å². The number of hydrogen-bond donors (Lipinski definition) is 1. The molecule has 1 heterocycles. The normalized spacial score (nSPS) is 10.5. The fraction of sp³-hybridized carbons (Fsp3) is 0.0435. The highest BCUT2D eigenvalue weighted by atomic mass is 35.5. The average Bonchev–Trinajstić information content (AvgIpc) is 3.15. The van der Waals surface area contributed by atoms with Gasteiger partial charge in [0.05, 0.1) is 27.7 Å². The van der Waals surface area contributed by atoms with Crippen LogP contribution >= 0.6 is 46.4 Å². The van der Waals surface area contributed by atoms with E-state index in [4.69, 9.17) is 51.1 Å². The molecule has 0 radical (unpaired) electrons. The van der Waals surface area contributed by atoms with Crippen molar-refractivity contribution in [3.63, 3.8) is 0 Å². The molecule has 0 spiro atoms. The van der Waals surface area contributed by atoms with Gasteiger partial charge in [0.25, 0.3) is 0 Å². The highest BCUT2D eigenvalue weighted by molar-refractivity contribution is 6.37. The van der Waals surface area contributed by atoms with Crippen LogP contribution in [0.15, 0.2) is 59.4 Å². The Bertz CT molecular complexity index is 1430. The number of benzene rings is 3. The summed E-state index contributed by atoms with van der Waals surface area (Å²) >= 11 is 24.6. The molecule has 0 aliphatic heterocycles. The van der Waals surface area contributed by atoms with Gasteiger partial charge in [0, 0.05) is 16.1 Å². The van der Waals surface area contributed by atoms with Crippen molar-refractivity contribution in [1.29, 1.82) is 0 Å². The molecule has 9 heteroatoms. The van der Waals surface area contributed by atoms with E-state index >= 15 is 0 Å². The lowest BCUT2D eigenvalue weighted by molar-refractivity contribution is 0.414. The lowest BCUT2D eigenvalue weighted by Gasteiger charge is -2.06. The maximum Gasteiger partial charge on any atom is 0.348 e. The highest BCUT2D eigenvalue weighted by Crippen LogP contribution is 2.29. The maximum atomic E-state index is 12.5. The molecule has 0 bridgehead atoms. The van der Waals surface area contributed by atoms with E-state index in [1.165, 1.54) is 7.11 Å². The molecule has 0 saturated heterocycles. The SMILES string of the molecule is COc1cc(-c2nn(-c3c(Cl)cccc3Cl)c(=O)[nH]2)ccc1C#Cc1cc(Cl)ccc1Cl. The van der Waals surface area contributed by atoms with Crippen LogP contribution in [0.4, 0.5) is 0 Å². The van der Waals surface area contributed by atoms with Crippen molar-refractivity contribution >= 4 is 46.4 Å². The van der Waals surface area contributed by atoms with Crippen molar-refractivity contribution in [2.45, 2.75) is 0 Å². The largest absolute Gasteiger partial charge is 0.495 e. The summed E-state index contributed by atoms with van der Waals surface area (Å²) in [5.74, 6) is 6.85. The summed E-state index contributed by atoms with van der Waals surface area (Å²) in [6.45, 7) is 0. The van der Waals surface area contributed by atoms with Gasteiger partial charge in [0.2, 0.25) is 0 Å². The van der Waals surface area contributed by atoms with E-state index in [9.17, 15) is 4.79 Å². The molecule has 1 N–H and O–H groups in total. The van der Waals surface area contributed by atoms with E-state index in [-0.39, 0.29) is 0 Å². The smallest absolute Gasteiger partial charge is 0.348 e. The number of nitrogens with zero attached hydrogens (tertiary/aromatic N) is 2. The van der Waals surface area contributed by atoms with Gasteiger partial charge in [0.1, 0.15) is 11.4 Å². The molecule has 4 rings (SSSR count). The molecule has 4 aromatic rings. The van der Waals surface area contributed by atoms with Crippen LogP contribution in [0.2, 0.25) is 20.1 Å². The zero-order valence-corrected chi connectivity index (χ0v) is 19.4. The second kappa shape index (κ2) is 9.32. The summed E-state index contributed by atoms with van der Waals surface area (Å²) in [5.41, 5.74) is 1.67. The van der Waals surface area contributed by atoms with E-state index in [1.54, 1.807) is 54.6 Å². The number of aromatic nitrogens is 3. The van der Waals surface area contributed by atoms with Crippen LogP contribution in [0.5, 0.6) is 5.75 Å². The van der Waals surface area contributed by atoms with Crippen molar-refractivity contribution in [1.82, 2.24) is 14.8 Å². The van der Waals surface area contributed by atoms with Crippen LogP contribution in [-0.2, 0) is 0 Å². The first kappa shape index (κ1) is 22.3. The minimum atomic E-state index is -0.478. The molecule has 0 saturated carbocycles. The third-order valence-electron chi connectivity index (χ3n) is 4.50. The fourth-order valence-corrected chi connectivity index (χ4v) is 3.86. The van der Waals surface area contributed by atoms with Crippen LogP contribution in [-0.4, -0.2) is 21.9 Å². The average molecular weight is 505 g/mol. The van der Waals surface area contributed by atoms with Crippen molar-refractivity contribution < 1.29 is 4.74 Å². The Labute approximate surface area is 203 Å². The summed E-state index contributed by atoms with van der Waals surface area (Å²) in [6.07, 6.45) is 0. The molecule has 3 aromatic carbocycles. The Morgan fingerprint density at radius 3 is 2.34 bits per heavy atom. The standard InChI is InChI=1S/C23H13Cl4N3O2/c1-32-20-12-15(8-6-13(20)5-7-14-11-16(24)9-10-17(14)25)22-28-23(31)30(29-22)21-18(26)3-2-4-19(21)27/h2-4,6,8-12H,1H3,(H,28,29,31). The number of ether oxygens (including phenoxy) is 1. The molecule has 0 amide bonds. The molecule has 0 aliphatic rings. The summed E-state index contributed by atoms with van der Waals surface area (Å²) in [5, 5.41) is 6.00. The Kier molecular flexibility index (Phi) is 6.50. The van der Waals surface area contributed by atoms with Crippen molar-refractivity contribution in [3.8, 4) is 34.7 Å². The van der Waals surface area contributed by atoms with Crippen LogP contribution in [0, 0.1) is 11.8 Å². The highest BCUT2D eigenvalue weighted by Gasteiger charge is 2.15. The number of H-pyrrole nitrogens is 1. The zero-order valence-electron chi connectivity index (χ0n) is 16.4. The predicted molar refractivity (Wildman–Crippen MR) is 129 cm³/mol. The van der Waals surface area contributed by atoms with Gasteiger partial charge in [-0.05, 0) is 48.5 Å². The predicted octanol–water partition coefficient (Wildman–Crippen LogP) is 6.25. The Morgan fingerprint density at radius 1 is 0.906 bits per heavy atom. The molecular formula is C23H13Cl4N3O2. The second-order valence-corrected chi connectivity index (χ2v) is 8.21. The lowest BCUT2D eigenvalue weighted by Crippen LogP contribution is -2.16. The van der Waals surface area contributed by atoms with Crippen LogP contribution in [0.25, 0.3) is 17.1 Å². The fourth-order valence-electron chi connectivity index (χ4n) is 2.97. The summed E-state index contributed by atoms with van der Waals surface area (Å²) in [4.78, 5) is 15.2. The molecule has 5 nitrogen and oxygen atoms in total. The van der Waals surface area contributed by atoms with Crippen LogP contribution < -0.4 is 10.4 Å². The van der Waals surface area contributed by atoms with E-state index < -0.39 is 5.69 Å². The number of halogens is 4. The molecule has 0 fully saturated rings. The summed E-state index contributed by atoms with van der Waals surface area (Å²) in [7, 11) is 1.53. The van der Waals surface area contributed by atoms with Crippen molar-refractivity contribution in [3.05, 3.63) is 96.3 Å². The number of rotatable bonds is 3. The molecule has 32 heavy (non-hydrogen) atoms. The third-order valence-corrected chi connectivity index (χ3v) is 5.68. The van der Waals surface area contributed by atoms with Gasteiger partial charge in [-0.25, -0.2) is 4.79 Å². The van der Waals surface area contributed by atoms with Crippen LogP contribution in [0.1, 0.15) is 11.1 Å². The molecule has 0 unspecified atom stereocenters. The van der Waals surface area contributed by atoms with Crippen molar-refractivity contribution in [2.75, 3.05) is 7.11 Å². The maximum absolute atomic E-state index is 12.5. The van der Waals surface area contributed by atoms with Gasteiger partial charge in [-0.1, -0.05) is 64.3 Å². The lowest BCUT2D eigenvalue weighted by atomic mass is 10.1. The number of methoxy groups -OCH3 is 1. The first-order chi connectivity index (χ1) is 15.4. The zero-order chi connectivity index (χ0) is 22.8. The topological polar surface area (TPSA) is 59.9 Å². The van der Waals surface area contributed by atoms with Gasteiger partial charge in [-0.15, -0.1) is 5.10 Å². The van der Waals surface area contributed by atoms with E-state index in [0.717, 1.165) is 4.68 Å². The summed E-state index contributed by atoms with van der Waals surface area (Å²) in [6, 6.07) is 15.3. The Morgan fingerprint density at radius 2 is 1.62 bits per heavy atom. The molecular weight excluding hydrogens is 492 g/mol. The molecule has 1 aromatic heterocycles. The van der Waals surface area contributed by atoms with E-state index in [1.807, 2.05) is 0 Å². The first-order valence-corrected chi connectivity index (χ1v) is 10.7. The minimum absolute atomic E-state index is 0.302. The van der Waals surface area contributed by atoms with E-state index in [0.29, 0.717) is 54.0 Å². The van der Waals surface area contributed by atoms with Crippen LogP contribution in [0.3, 0.4) is 0 Å². The molecule has 0 atom stereocenters. The Hall–Kier alpha value is -2.88. The molecule has 0 aliphatic carbocycles. The quantitative estimate of drug-likeness (QED) is 0.335. The number of aromatic amines is 1. The second-order valence-electron chi connectivity index (χ2n) is 6.55. The summed E-state index contributed by atoms with van der Waals surface area (Å²) < 4.78 is 6.61. The monoisotopic (exact) mass is 503 g/mol. The van der Waals surface area contributed by atoms with Gasteiger partial charge < -0.3 is 4.74 Å². The number of nitrogens with one attached hydrogen (secondary N) is 1. The molecule has 160 valence electrons. The number of hydrogen-bond acceptors (Lipinski definition) is 3. The Balaban J connectivity index is 1.73. The van der Waals surface area contributed by atoms with Gasteiger partial charge in [-0.3, -0.25) is 4.98 Å². The van der Waals surface area contributed by atoms with Crippen molar-refractivity contribution in [2.24, 2.45) is 0 Å². The number of para-hydroxylation sites is 1. The first-order valence-electron chi connectivity index (χ1n) is 9.16. The minimum Gasteiger partial charge on any atom is -0.495 e. The van der Waals surface area contributed by atoms with E-state index in [2.05, 4.69) is 21.9 Å².